The second-order valence-corrected chi connectivity index (χ2v) is 7.43. The number of nitrogens with zero attached hydrogens (tertiary/aromatic N) is 1. The van der Waals surface area contributed by atoms with Crippen molar-refractivity contribution in [2.75, 3.05) is 0 Å². The van der Waals surface area contributed by atoms with E-state index in [2.05, 4.69) is 9.97 Å². The molecule has 3 aliphatic rings. The molecule has 1 spiro atoms. The molecule has 2 atom stereocenters. The minimum Gasteiger partial charge on any atom is -0.344 e. The summed E-state index contributed by atoms with van der Waals surface area (Å²) in [5.41, 5.74) is 1.16. The van der Waals surface area contributed by atoms with Crippen molar-refractivity contribution in [3.8, 4) is 0 Å². The van der Waals surface area contributed by atoms with Gasteiger partial charge in [0.05, 0.1) is 16.9 Å². The van der Waals surface area contributed by atoms with Crippen molar-refractivity contribution < 1.29 is 18.0 Å². The minimum absolute atomic E-state index is 0.169. The lowest BCUT2D eigenvalue weighted by Crippen LogP contribution is -2.34. The van der Waals surface area contributed by atoms with Crippen LogP contribution in [-0.4, -0.2) is 21.9 Å². The van der Waals surface area contributed by atoms with Gasteiger partial charge in [0.25, 0.3) is 0 Å². The maximum atomic E-state index is 13.7. The maximum Gasteiger partial charge on any atom is 0.420 e. The summed E-state index contributed by atoms with van der Waals surface area (Å²) in [4.78, 5) is 19.6. The number of imidazole rings is 1. The molecule has 0 amide bonds. The molecule has 24 heavy (non-hydrogen) atoms. The fourth-order valence-corrected chi connectivity index (χ4v) is 5.24. The summed E-state index contributed by atoms with van der Waals surface area (Å²) in [5, 5.41) is 0.309. The van der Waals surface area contributed by atoms with E-state index in [1.54, 1.807) is 6.07 Å². The Kier molecular flexibility index (Phi) is 2.56. The van der Waals surface area contributed by atoms with Gasteiger partial charge in [-0.3, -0.25) is 4.79 Å². The van der Waals surface area contributed by atoms with Crippen LogP contribution in [-0.2, 0) is 11.2 Å². The number of hydrogen-bond acceptors (Lipinski definition) is 2. The van der Waals surface area contributed by atoms with Crippen molar-refractivity contribution in [1.82, 2.24) is 9.97 Å². The van der Waals surface area contributed by atoms with Crippen molar-refractivity contribution in [3.05, 3.63) is 34.1 Å². The van der Waals surface area contributed by atoms with Crippen LogP contribution in [0.3, 0.4) is 0 Å². The average Bonchev–Trinajstić information content (AvgIpc) is 3.17. The molecule has 1 aromatic carbocycles. The van der Waals surface area contributed by atoms with Gasteiger partial charge in [-0.05, 0) is 48.4 Å². The van der Waals surface area contributed by atoms with Gasteiger partial charge in [0.15, 0.2) is 5.78 Å². The van der Waals surface area contributed by atoms with Gasteiger partial charge in [-0.2, -0.15) is 13.2 Å². The molecule has 7 heteroatoms. The Morgan fingerprint density at radius 3 is 2.92 bits per heavy atom. The topological polar surface area (TPSA) is 45.8 Å². The highest BCUT2D eigenvalue weighted by atomic mass is 35.5. The van der Waals surface area contributed by atoms with Gasteiger partial charge in [-0.25, -0.2) is 4.98 Å². The molecule has 1 aromatic heterocycles. The fourth-order valence-electron chi connectivity index (χ4n) is 4.99. The van der Waals surface area contributed by atoms with E-state index in [-0.39, 0.29) is 5.57 Å². The normalized spacial score (nSPS) is 28.7. The van der Waals surface area contributed by atoms with Crippen LogP contribution in [0.25, 0.3) is 16.6 Å². The smallest absolute Gasteiger partial charge is 0.344 e. The van der Waals surface area contributed by atoms with Crippen molar-refractivity contribution in [2.24, 2.45) is 11.3 Å². The van der Waals surface area contributed by atoms with Gasteiger partial charge >= 0.3 is 6.18 Å². The summed E-state index contributed by atoms with van der Waals surface area (Å²) in [7, 11) is 0. The largest absolute Gasteiger partial charge is 0.420 e. The van der Waals surface area contributed by atoms with Gasteiger partial charge in [0.1, 0.15) is 11.1 Å². The highest BCUT2D eigenvalue weighted by molar-refractivity contribution is 6.35. The zero-order valence-electron chi connectivity index (χ0n) is 12.4. The van der Waals surface area contributed by atoms with Gasteiger partial charge in [-0.15, -0.1) is 0 Å². The second kappa shape index (κ2) is 4.23. The predicted molar refractivity (Wildman–Crippen MR) is 82.6 cm³/mol. The molecular weight excluding hydrogens is 341 g/mol. The molecular formula is C17H12ClF3N2O. The molecule has 0 aliphatic heterocycles. The van der Waals surface area contributed by atoms with E-state index in [9.17, 15) is 18.0 Å². The Hall–Kier alpha value is -1.82. The van der Waals surface area contributed by atoms with Gasteiger partial charge in [0, 0.05) is 11.3 Å². The van der Waals surface area contributed by atoms with E-state index < -0.39 is 28.9 Å². The van der Waals surface area contributed by atoms with Crippen LogP contribution in [0.15, 0.2) is 18.0 Å². The number of Topliss-reactive ketones (excluding diaryl/α,β-unsaturated/α-hetero) is 1. The number of H-pyrrole nitrogens is 1. The summed E-state index contributed by atoms with van der Waals surface area (Å²) < 4.78 is 41.2. The molecule has 2 bridgehead atoms. The van der Waals surface area contributed by atoms with Crippen molar-refractivity contribution in [1.29, 1.82) is 0 Å². The molecule has 3 aliphatic carbocycles. The number of aromatic amines is 1. The molecule has 1 saturated carbocycles. The van der Waals surface area contributed by atoms with Crippen molar-refractivity contribution in [2.45, 2.75) is 31.9 Å². The second-order valence-electron chi connectivity index (χ2n) is 7.02. The number of carbonyl (C=O) groups excluding carboxylic acids is 1. The van der Waals surface area contributed by atoms with E-state index in [1.165, 1.54) is 6.33 Å². The van der Waals surface area contributed by atoms with Crippen molar-refractivity contribution >= 4 is 34.0 Å². The number of hydrogen-bond donors (Lipinski definition) is 1. The number of ketones is 1. The Morgan fingerprint density at radius 1 is 1.38 bits per heavy atom. The third kappa shape index (κ3) is 1.60. The number of fused-ring (bicyclic) bond motifs is 5. The minimum atomic E-state index is -4.64. The Balaban J connectivity index is 1.91. The van der Waals surface area contributed by atoms with Crippen LogP contribution < -0.4 is 0 Å². The number of halogens is 4. The number of alkyl halides is 3. The first-order chi connectivity index (χ1) is 11.3. The Morgan fingerprint density at radius 2 is 2.17 bits per heavy atom. The van der Waals surface area contributed by atoms with Crippen LogP contribution in [0, 0.1) is 11.3 Å². The van der Waals surface area contributed by atoms with E-state index in [0.29, 0.717) is 47.3 Å². The first kappa shape index (κ1) is 14.5. The highest BCUT2D eigenvalue weighted by Gasteiger charge is 2.59. The first-order valence-corrected chi connectivity index (χ1v) is 8.21. The zero-order valence-corrected chi connectivity index (χ0v) is 13.2. The Labute approximate surface area is 139 Å². The lowest BCUT2D eigenvalue weighted by molar-refractivity contribution is -0.132. The molecule has 5 rings (SSSR count). The lowest BCUT2D eigenvalue weighted by Gasteiger charge is -2.33. The summed E-state index contributed by atoms with van der Waals surface area (Å²) >= 11 is 6.24. The van der Waals surface area contributed by atoms with E-state index >= 15 is 0 Å². The molecule has 0 radical (unpaired) electrons. The van der Waals surface area contributed by atoms with Crippen molar-refractivity contribution in [3.63, 3.8) is 0 Å². The molecule has 1 N–H and O–H groups in total. The molecule has 0 saturated heterocycles. The van der Waals surface area contributed by atoms with Gasteiger partial charge < -0.3 is 4.98 Å². The number of nitrogens with one attached hydrogen (secondary N) is 1. The summed E-state index contributed by atoms with van der Waals surface area (Å²) in [5.74, 6) is -1.26. The summed E-state index contributed by atoms with van der Waals surface area (Å²) in [6, 6.07) is 1.56. The molecule has 0 unspecified atom stereocenters. The first-order valence-electron chi connectivity index (χ1n) is 7.83. The van der Waals surface area contributed by atoms with E-state index in [0.717, 1.165) is 5.56 Å². The van der Waals surface area contributed by atoms with Gasteiger partial charge in [-0.1, -0.05) is 11.6 Å². The van der Waals surface area contributed by atoms with Crippen LogP contribution in [0.5, 0.6) is 0 Å². The molecule has 124 valence electrons. The highest BCUT2D eigenvalue weighted by Crippen LogP contribution is 2.64. The molecule has 2 aromatic rings. The van der Waals surface area contributed by atoms with Gasteiger partial charge in [0.2, 0.25) is 0 Å². The molecule has 3 nitrogen and oxygen atoms in total. The summed E-state index contributed by atoms with van der Waals surface area (Å²) in [6.07, 6.45) is -0.995. The van der Waals surface area contributed by atoms with Crippen LogP contribution >= 0.6 is 11.6 Å². The Bertz CT molecular complexity index is 959. The number of allylic oxidation sites excluding steroid dienone is 2. The van der Waals surface area contributed by atoms with E-state index in [4.69, 9.17) is 11.6 Å². The quantitative estimate of drug-likeness (QED) is 0.761. The number of benzene rings is 1. The van der Waals surface area contributed by atoms with E-state index in [1.807, 2.05) is 0 Å². The third-order valence-corrected chi connectivity index (χ3v) is 6.13. The van der Waals surface area contributed by atoms with Crippen LogP contribution in [0.1, 0.15) is 30.4 Å². The third-order valence-electron chi connectivity index (χ3n) is 5.84. The number of carbonyl (C=O) groups is 1. The number of aromatic nitrogens is 2. The average molecular weight is 353 g/mol. The summed E-state index contributed by atoms with van der Waals surface area (Å²) in [6.45, 7) is 0. The predicted octanol–water partition coefficient (Wildman–Crippen LogP) is 4.46. The maximum absolute atomic E-state index is 13.7. The molecule has 1 fully saturated rings. The number of rotatable bonds is 0. The van der Waals surface area contributed by atoms with Crippen LogP contribution in [0.2, 0.25) is 5.02 Å². The lowest BCUT2D eigenvalue weighted by atomic mass is 9.71. The standard InChI is InChI=1S/C17H12ClF3N2O/c18-10-3-8-9(13-14(10)23-6-22-13)5-16-2-1-7(4-16)15(24)12(11(8)16)17(19,20)21/h3,6-7H,1-2,4-5H2,(H,22,23)/t7-,16-/m0/s1. The fraction of sp³-hybridized carbons (Fsp3) is 0.412. The monoisotopic (exact) mass is 352 g/mol. The SMILES string of the molecule is O=C1C(C(F)(F)F)=C2c3cc(Cl)c4nc[nH]c4c3C[C@@]23CC[C@H]1C3. The molecule has 1 heterocycles. The zero-order chi connectivity index (χ0) is 16.9. The van der Waals surface area contributed by atoms with Crippen LogP contribution in [0.4, 0.5) is 13.2 Å².